The van der Waals surface area contributed by atoms with Crippen molar-refractivity contribution in [2.45, 2.75) is 238 Å². The fraction of sp³-hybridized carbons (Fsp3) is 1.00. The van der Waals surface area contributed by atoms with E-state index in [2.05, 4.69) is 0 Å². The summed E-state index contributed by atoms with van der Waals surface area (Å²) >= 11 is 0. The second-order valence-corrected chi connectivity index (χ2v) is 23.2. The van der Waals surface area contributed by atoms with Crippen LogP contribution in [-0.2, 0) is 0 Å². The standard InChI is InChI=1S/C40F84N/c41-1(42,3(45,46)5(49,50)7(53,54)9(57,58)17(73,74)25(89,90)33(105,106)107)2(43,44)4(47,48)6(51,52)8(55,56)13(65,66)21(81,82)29(97,98)37(117,118)125(38(119,120)30(99,100)22(83,84)14(67,68)10(59,60)18(75,76)26(91,92)34(108,109)110,39(121,122)31(101,102)23(85,86)15(69,70)11(61,62)19(77,78)27(93,94)35(111,112)113)40(123,124)32(103,104)24(87,88)16(71,72)12(63,64)20(79,80)28(95,96)36(114,115)116/q+1. The third-order valence-electron chi connectivity index (χ3n) is 15.7. The quantitative estimate of drug-likeness (QED) is 0.0333. The van der Waals surface area contributed by atoms with Crippen LogP contribution in [-0.4, -0.2) is 243 Å². The highest BCUT2D eigenvalue weighted by atomic mass is 19.5. The van der Waals surface area contributed by atoms with Crippen molar-refractivity contribution < 1.29 is 373 Å². The Balaban J connectivity index is 12.1. The molecule has 125 heavy (non-hydrogen) atoms. The minimum Gasteiger partial charge on any atom is -0.192 e. The van der Waals surface area contributed by atoms with Crippen molar-refractivity contribution in [1.29, 1.82) is 0 Å². The van der Waals surface area contributed by atoms with E-state index in [-0.39, 0.29) is 0 Å². The number of alkyl halides is 84. The number of hydrogen-bond donors (Lipinski definition) is 0. The molecule has 0 N–H and O–H groups in total. The summed E-state index contributed by atoms with van der Waals surface area (Å²) in [6.45, 7) is 0. The molecule has 0 amide bonds. The first-order chi connectivity index (χ1) is 52.0. The lowest BCUT2D eigenvalue weighted by molar-refractivity contribution is -1.21. The predicted molar refractivity (Wildman–Crippen MR) is 203 cm³/mol. The van der Waals surface area contributed by atoms with Gasteiger partial charge >= 0.3 is 238 Å². The van der Waals surface area contributed by atoms with Crippen LogP contribution < -0.4 is 0 Å². The molecule has 0 atom stereocenters. The van der Waals surface area contributed by atoms with Crippen LogP contribution in [0.25, 0.3) is 0 Å². The van der Waals surface area contributed by atoms with Crippen molar-refractivity contribution in [3.8, 4) is 0 Å². The Morgan fingerprint density at radius 1 is 0.0640 bits per heavy atom. The second-order valence-electron chi connectivity index (χ2n) is 23.2. The first-order valence-corrected chi connectivity index (χ1v) is 25.8. The third-order valence-corrected chi connectivity index (χ3v) is 15.7. The second kappa shape index (κ2) is 28.1. The summed E-state index contributed by atoms with van der Waals surface area (Å²) < 4.78 is 1200. The topological polar surface area (TPSA) is 0 Å². The number of quaternary nitrogens is 1. The highest BCUT2D eigenvalue weighted by molar-refractivity contribution is 5.25. The van der Waals surface area contributed by atoms with Gasteiger partial charge < -0.3 is 0 Å². The Bertz CT molecular complexity index is 3610. The fourth-order valence-electron chi connectivity index (χ4n) is 8.10. The van der Waals surface area contributed by atoms with E-state index in [0.29, 0.717) is 0 Å². The molecular formula is C40F84N+. The summed E-state index contributed by atoms with van der Waals surface area (Å²) in [5.41, 5.74) is 0. The van der Waals surface area contributed by atoms with Gasteiger partial charge in [0.05, 0.1) is 0 Å². The van der Waals surface area contributed by atoms with Gasteiger partial charge in [0.25, 0.3) is 0 Å². The molecule has 752 valence electrons. The van der Waals surface area contributed by atoms with Gasteiger partial charge in [0, 0.05) is 0 Å². The van der Waals surface area contributed by atoms with Crippen LogP contribution in [0, 0.1) is 0 Å². The van der Waals surface area contributed by atoms with Crippen molar-refractivity contribution in [1.82, 2.24) is 0 Å². The summed E-state index contributed by atoms with van der Waals surface area (Å²) in [5.74, 6) is -382. The van der Waals surface area contributed by atoms with E-state index in [9.17, 15) is 246 Å². The van der Waals surface area contributed by atoms with Crippen LogP contribution >= 0.6 is 0 Å². The largest absolute Gasteiger partial charge is 0.476 e. The molecule has 0 spiro atoms. The van der Waals surface area contributed by atoms with E-state index in [0.717, 1.165) is 0 Å². The van der Waals surface area contributed by atoms with Gasteiger partial charge in [-0.3, -0.25) is 0 Å². The van der Waals surface area contributed by atoms with Crippen molar-refractivity contribution in [3.63, 3.8) is 0 Å². The number of nitrogens with zero attached hydrogens (tertiary/aromatic N) is 1. The Morgan fingerprint density at radius 3 is 0.168 bits per heavy atom. The van der Waals surface area contributed by atoms with Crippen molar-refractivity contribution in [3.05, 3.63) is 0 Å². The number of hydrogen-bond acceptors (Lipinski definition) is 0. The molecule has 0 bridgehead atoms. The lowest BCUT2D eigenvalue weighted by Crippen LogP contribution is -2.97. The van der Waals surface area contributed by atoms with E-state index in [4.69, 9.17) is 0 Å². The van der Waals surface area contributed by atoms with Gasteiger partial charge in [-0.1, -0.05) is 4.48 Å². The third kappa shape index (κ3) is 12.7. The van der Waals surface area contributed by atoms with Crippen molar-refractivity contribution in [2.24, 2.45) is 0 Å². The molecule has 0 radical (unpaired) electrons. The number of rotatable bonds is 36. The lowest BCUT2D eigenvalue weighted by atomic mass is 9.82. The zero-order valence-electron chi connectivity index (χ0n) is 52.2. The molecule has 0 aromatic rings. The van der Waals surface area contributed by atoms with Gasteiger partial charge in [0.15, 0.2) is 0 Å². The molecule has 85 heteroatoms. The van der Waals surface area contributed by atoms with E-state index >= 15 is 123 Å². The minimum atomic E-state index is -14.9. The summed E-state index contributed by atoms with van der Waals surface area (Å²) in [5, 5.41) is 0. The Hall–Kier alpha value is -5.92. The molecule has 0 aromatic heterocycles. The molecule has 0 heterocycles. The Kier molecular flexibility index (Phi) is 26.8. The fourth-order valence-corrected chi connectivity index (χ4v) is 8.10. The molecule has 0 aliphatic heterocycles. The smallest absolute Gasteiger partial charge is 0.192 e. The van der Waals surface area contributed by atoms with Gasteiger partial charge in [-0.05, 0) is 0 Å². The van der Waals surface area contributed by atoms with Crippen LogP contribution in [0.3, 0.4) is 0 Å². The molecule has 0 aromatic carbocycles. The molecule has 0 aliphatic carbocycles. The van der Waals surface area contributed by atoms with Gasteiger partial charge in [0.1, 0.15) is 0 Å². The van der Waals surface area contributed by atoms with Crippen molar-refractivity contribution >= 4 is 0 Å². The zero-order valence-corrected chi connectivity index (χ0v) is 52.2. The molecule has 0 rings (SSSR count). The van der Waals surface area contributed by atoms with E-state index in [1.54, 1.807) is 0 Å². The first-order valence-electron chi connectivity index (χ1n) is 25.8. The summed E-state index contributed by atoms with van der Waals surface area (Å²) in [6.07, 6.45) is -38.1. The Labute approximate surface area is 613 Å². The first kappa shape index (κ1) is 119. The van der Waals surface area contributed by atoms with Gasteiger partial charge in [-0.2, -0.15) is 334 Å². The maximum Gasteiger partial charge on any atom is 0.476 e. The SMILES string of the molecule is FC(F)(F)C(F)(F)C(F)(F)C(F)(F)C(F)(F)C(F)(F)C(F)(F)C(F)(F)C(F)(F)C(F)(F)C(F)(F)C(F)(F)C(F)(F)C(F)(F)C(F)(F)C(F)(F)[N+](C(F)(F)C(F)(F)C(F)(F)C(F)(F)C(F)(F)C(F)(F)C(F)(F)C(F)(F)F)(C(F)(F)C(F)(F)C(F)(F)C(F)(F)C(F)(F)C(F)(F)C(F)(F)C(F)(F)F)C(F)(F)C(F)(F)C(F)(F)C(F)(F)C(F)(F)C(F)(F)C(F)(F)C(F)(F)F. The molecule has 0 aliphatic rings. The van der Waals surface area contributed by atoms with Crippen LogP contribution in [0.1, 0.15) is 0 Å². The molecule has 0 unspecified atom stereocenters. The van der Waals surface area contributed by atoms with Crippen LogP contribution in [0.2, 0.25) is 0 Å². The molecule has 0 saturated heterocycles. The average molecular weight is 2090 g/mol. The monoisotopic (exact) mass is 2090 g/mol. The highest BCUT2D eigenvalue weighted by Crippen LogP contribution is 2.80. The van der Waals surface area contributed by atoms with Gasteiger partial charge in [0.2, 0.25) is 0 Å². The lowest BCUT2D eigenvalue weighted by Gasteiger charge is -2.59. The normalized spacial score (nSPS) is 17.8. The van der Waals surface area contributed by atoms with Crippen LogP contribution in [0.5, 0.6) is 0 Å². The predicted octanol–water partition coefficient (Wildman–Crippen LogP) is 26.8. The van der Waals surface area contributed by atoms with Crippen molar-refractivity contribution in [2.75, 3.05) is 0 Å². The maximum absolute atomic E-state index is 16.7. The average Bonchev–Trinajstić information content (AvgIpc) is 0.629. The van der Waals surface area contributed by atoms with Gasteiger partial charge in [-0.25, -0.2) is 0 Å². The van der Waals surface area contributed by atoms with E-state index in [1.165, 1.54) is 0 Å². The van der Waals surface area contributed by atoms with Gasteiger partial charge in [-0.15, -0.1) is 35.1 Å². The summed E-state index contributed by atoms with van der Waals surface area (Å²) in [7, 11) is 0. The molecule has 0 fully saturated rings. The molecule has 0 saturated carbocycles. The number of halogens is 84. The summed E-state index contributed by atoms with van der Waals surface area (Å²) in [6, 6.07) is -59.2. The highest BCUT2D eigenvalue weighted by Gasteiger charge is 3.16. The van der Waals surface area contributed by atoms with Crippen LogP contribution in [0.15, 0.2) is 0 Å². The Morgan fingerprint density at radius 2 is 0.112 bits per heavy atom. The summed E-state index contributed by atoms with van der Waals surface area (Å²) in [4.78, 5) is 0. The van der Waals surface area contributed by atoms with E-state index < -0.39 is 243 Å². The minimum absolute atomic E-state index is 9.06. The molecular weight excluding hydrogens is 2090 g/mol. The van der Waals surface area contributed by atoms with E-state index in [1.807, 2.05) is 0 Å². The van der Waals surface area contributed by atoms with Crippen LogP contribution in [0.4, 0.5) is 369 Å². The zero-order chi connectivity index (χ0) is 104. The molecule has 1 nitrogen and oxygen atoms in total. The maximum atomic E-state index is 16.7.